The average molecular weight is 515 g/mol. The predicted octanol–water partition coefficient (Wildman–Crippen LogP) is 5.97. The van der Waals surface area contributed by atoms with Crippen molar-refractivity contribution in [3.63, 3.8) is 0 Å². The van der Waals surface area contributed by atoms with E-state index in [-0.39, 0.29) is 23.4 Å². The van der Waals surface area contributed by atoms with Gasteiger partial charge in [-0.25, -0.2) is 8.42 Å². The Bertz CT molecular complexity index is 1410. The van der Waals surface area contributed by atoms with Crippen molar-refractivity contribution in [2.45, 2.75) is 30.8 Å². The van der Waals surface area contributed by atoms with Gasteiger partial charge in [0.15, 0.2) is 0 Å². The van der Waals surface area contributed by atoms with Crippen LogP contribution in [0.5, 0.6) is 5.75 Å². The standard InChI is InChI=1S/C30H30N2O4S/c1-3-29(24-18-20-27(36-2)21-19-24)31-30(33)25-16-14-23(15-17-25)22-32(26-10-6-4-7-11-26)37(34,35)28-12-8-5-9-13-28/h4-21,29H,3,22H2,1-2H3,(H,31,33)/t29-/m1/s1. The third-order valence-corrected chi connectivity index (χ3v) is 7.94. The fourth-order valence-corrected chi connectivity index (χ4v) is 5.53. The van der Waals surface area contributed by atoms with E-state index >= 15 is 0 Å². The topological polar surface area (TPSA) is 75.7 Å². The van der Waals surface area contributed by atoms with Gasteiger partial charge in [0, 0.05) is 5.56 Å². The van der Waals surface area contributed by atoms with Gasteiger partial charge in [0.2, 0.25) is 0 Å². The van der Waals surface area contributed by atoms with Crippen LogP contribution < -0.4 is 14.4 Å². The summed E-state index contributed by atoms with van der Waals surface area (Å²) in [5.41, 5.74) is 2.84. The van der Waals surface area contributed by atoms with Gasteiger partial charge in [-0.05, 0) is 66.1 Å². The molecule has 1 atom stereocenters. The van der Waals surface area contributed by atoms with E-state index in [0.29, 0.717) is 11.3 Å². The first kappa shape index (κ1) is 26.0. The number of anilines is 1. The monoisotopic (exact) mass is 514 g/mol. The van der Waals surface area contributed by atoms with Gasteiger partial charge in [-0.1, -0.05) is 67.6 Å². The zero-order valence-electron chi connectivity index (χ0n) is 20.9. The number of hydrogen-bond acceptors (Lipinski definition) is 4. The van der Waals surface area contributed by atoms with Crippen LogP contribution in [0.15, 0.2) is 114 Å². The molecule has 7 heteroatoms. The van der Waals surface area contributed by atoms with Crippen LogP contribution in [0.2, 0.25) is 0 Å². The number of nitrogens with zero attached hydrogens (tertiary/aromatic N) is 1. The molecule has 4 rings (SSSR count). The highest BCUT2D eigenvalue weighted by Crippen LogP contribution is 2.26. The lowest BCUT2D eigenvalue weighted by atomic mass is 10.0. The largest absolute Gasteiger partial charge is 0.497 e. The predicted molar refractivity (Wildman–Crippen MR) is 146 cm³/mol. The molecule has 190 valence electrons. The molecule has 6 nitrogen and oxygen atoms in total. The van der Waals surface area contributed by atoms with Crippen LogP contribution in [0.4, 0.5) is 5.69 Å². The number of para-hydroxylation sites is 1. The molecule has 0 saturated heterocycles. The van der Waals surface area contributed by atoms with E-state index in [9.17, 15) is 13.2 Å². The molecule has 0 unspecified atom stereocenters. The van der Waals surface area contributed by atoms with Crippen LogP contribution in [0.1, 0.15) is 40.9 Å². The normalized spacial score (nSPS) is 11.9. The number of benzene rings is 4. The first-order valence-corrected chi connectivity index (χ1v) is 13.5. The van der Waals surface area contributed by atoms with Crippen molar-refractivity contribution in [2.24, 2.45) is 0 Å². The second kappa shape index (κ2) is 11.8. The molecule has 37 heavy (non-hydrogen) atoms. The minimum Gasteiger partial charge on any atom is -0.497 e. The van der Waals surface area contributed by atoms with Crippen molar-refractivity contribution < 1.29 is 17.9 Å². The minimum atomic E-state index is -3.79. The SMILES string of the molecule is CC[C@@H](NC(=O)c1ccc(CN(c2ccccc2)S(=O)(=O)c2ccccc2)cc1)c1ccc(OC)cc1. The Morgan fingerprint density at radius 3 is 2.00 bits per heavy atom. The average Bonchev–Trinajstić information content (AvgIpc) is 2.95. The lowest BCUT2D eigenvalue weighted by Crippen LogP contribution is -2.30. The summed E-state index contributed by atoms with van der Waals surface area (Å²) in [4.78, 5) is 13.2. The van der Waals surface area contributed by atoms with E-state index in [4.69, 9.17) is 4.74 Å². The Kier molecular flexibility index (Phi) is 8.25. The van der Waals surface area contributed by atoms with Crippen LogP contribution in [-0.2, 0) is 16.6 Å². The van der Waals surface area contributed by atoms with Crippen LogP contribution in [0, 0.1) is 0 Å². The molecule has 1 amide bonds. The van der Waals surface area contributed by atoms with Crippen molar-refractivity contribution in [3.8, 4) is 5.75 Å². The second-order valence-corrected chi connectivity index (χ2v) is 10.4. The zero-order valence-corrected chi connectivity index (χ0v) is 21.7. The van der Waals surface area contributed by atoms with Crippen LogP contribution in [-0.4, -0.2) is 21.4 Å². The number of rotatable bonds is 10. The molecule has 0 aromatic heterocycles. The molecule has 4 aromatic carbocycles. The van der Waals surface area contributed by atoms with Gasteiger partial charge in [0.1, 0.15) is 5.75 Å². The molecule has 0 aliphatic carbocycles. The first-order chi connectivity index (χ1) is 17.9. The second-order valence-electron chi connectivity index (χ2n) is 8.56. The Labute approximate surface area is 218 Å². The minimum absolute atomic E-state index is 0.132. The molecular formula is C30H30N2O4S. The molecule has 0 saturated carbocycles. The number of sulfonamides is 1. The number of carbonyl (C=O) groups is 1. The van der Waals surface area contributed by atoms with E-state index in [1.165, 1.54) is 4.31 Å². The number of carbonyl (C=O) groups excluding carboxylic acids is 1. The van der Waals surface area contributed by atoms with Crippen molar-refractivity contribution in [2.75, 3.05) is 11.4 Å². The third kappa shape index (κ3) is 6.19. The number of ether oxygens (including phenoxy) is 1. The maximum absolute atomic E-state index is 13.5. The molecule has 1 N–H and O–H groups in total. The fraction of sp³-hybridized carbons (Fsp3) is 0.167. The van der Waals surface area contributed by atoms with Crippen molar-refractivity contribution in [1.82, 2.24) is 5.32 Å². The first-order valence-electron chi connectivity index (χ1n) is 12.1. The lowest BCUT2D eigenvalue weighted by Gasteiger charge is -2.25. The summed E-state index contributed by atoms with van der Waals surface area (Å²) in [5.74, 6) is 0.574. The van der Waals surface area contributed by atoms with E-state index < -0.39 is 10.0 Å². The van der Waals surface area contributed by atoms with E-state index in [0.717, 1.165) is 23.3 Å². The molecule has 0 radical (unpaired) electrons. The molecule has 0 aliphatic heterocycles. The maximum atomic E-state index is 13.5. The summed E-state index contributed by atoms with van der Waals surface area (Å²) < 4.78 is 33.6. The van der Waals surface area contributed by atoms with Crippen molar-refractivity contribution in [1.29, 1.82) is 0 Å². The molecule has 4 aromatic rings. The van der Waals surface area contributed by atoms with Crippen LogP contribution in [0.25, 0.3) is 0 Å². The van der Waals surface area contributed by atoms with Gasteiger partial charge in [0.25, 0.3) is 15.9 Å². The molecule has 0 fully saturated rings. The molecule has 0 aliphatic rings. The highest BCUT2D eigenvalue weighted by molar-refractivity contribution is 7.92. The van der Waals surface area contributed by atoms with Gasteiger partial charge in [-0.3, -0.25) is 9.10 Å². The lowest BCUT2D eigenvalue weighted by molar-refractivity contribution is 0.0935. The van der Waals surface area contributed by atoms with Crippen LogP contribution >= 0.6 is 0 Å². The zero-order chi connectivity index (χ0) is 26.3. The van der Waals surface area contributed by atoms with Gasteiger partial charge >= 0.3 is 0 Å². The van der Waals surface area contributed by atoms with E-state index in [2.05, 4.69) is 5.32 Å². The number of hydrogen-bond donors (Lipinski definition) is 1. The third-order valence-electron chi connectivity index (χ3n) is 6.15. The number of methoxy groups -OCH3 is 1. The van der Waals surface area contributed by atoms with Crippen molar-refractivity contribution in [3.05, 3.63) is 126 Å². The van der Waals surface area contributed by atoms with E-state index in [1.807, 2.05) is 49.4 Å². The Morgan fingerprint density at radius 2 is 1.43 bits per heavy atom. The smallest absolute Gasteiger partial charge is 0.264 e. The highest BCUT2D eigenvalue weighted by atomic mass is 32.2. The summed E-state index contributed by atoms with van der Waals surface area (Å²) in [7, 11) is -2.17. The van der Waals surface area contributed by atoms with Gasteiger partial charge in [-0.2, -0.15) is 0 Å². The summed E-state index contributed by atoms with van der Waals surface area (Å²) in [6.45, 7) is 2.15. The fourth-order valence-electron chi connectivity index (χ4n) is 4.06. The van der Waals surface area contributed by atoms with Gasteiger partial charge in [-0.15, -0.1) is 0 Å². The van der Waals surface area contributed by atoms with Crippen molar-refractivity contribution >= 4 is 21.6 Å². The Hall–Kier alpha value is -4.10. The molecule has 0 heterocycles. The van der Waals surface area contributed by atoms with Gasteiger partial charge < -0.3 is 10.1 Å². The van der Waals surface area contributed by atoms with Gasteiger partial charge in [0.05, 0.1) is 30.3 Å². The Morgan fingerprint density at radius 1 is 0.838 bits per heavy atom. The highest BCUT2D eigenvalue weighted by Gasteiger charge is 2.25. The summed E-state index contributed by atoms with van der Waals surface area (Å²) in [6, 6.07) is 31.9. The quantitative estimate of drug-likeness (QED) is 0.283. The maximum Gasteiger partial charge on any atom is 0.264 e. The summed E-state index contributed by atoms with van der Waals surface area (Å²) in [6.07, 6.45) is 0.736. The molecule has 0 bridgehead atoms. The molecule has 0 spiro atoms. The summed E-state index contributed by atoms with van der Waals surface area (Å²) in [5, 5.41) is 3.08. The van der Waals surface area contributed by atoms with Crippen LogP contribution in [0.3, 0.4) is 0 Å². The van der Waals surface area contributed by atoms with E-state index in [1.54, 1.807) is 73.8 Å². The Balaban J connectivity index is 1.52. The summed E-state index contributed by atoms with van der Waals surface area (Å²) >= 11 is 0. The number of amides is 1. The number of nitrogens with one attached hydrogen (secondary N) is 1. The molecular weight excluding hydrogens is 484 g/mol.